The van der Waals surface area contributed by atoms with Gasteiger partial charge in [0, 0.05) is 17.7 Å². The summed E-state index contributed by atoms with van der Waals surface area (Å²) in [4.78, 5) is 18.1. The number of benzene rings is 1. The van der Waals surface area contributed by atoms with E-state index in [1.54, 1.807) is 13.4 Å². The van der Waals surface area contributed by atoms with Crippen LogP contribution in [0.5, 0.6) is 5.75 Å². The number of ether oxygens (including phenoxy) is 1. The average molecular weight is 274 g/mol. The highest BCUT2D eigenvalue weighted by Crippen LogP contribution is 2.30. The van der Waals surface area contributed by atoms with Crippen LogP contribution in [0.25, 0.3) is 11.3 Å². The van der Waals surface area contributed by atoms with E-state index in [9.17, 15) is 4.79 Å². The second-order valence-electron chi connectivity index (χ2n) is 4.76. The van der Waals surface area contributed by atoms with Crippen LogP contribution in [0.15, 0.2) is 18.5 Å². The van der Waals surface area contributed by atoms with E-state index in [2.05, 4.69) is 9.97 Å². The summed E-state index contributed by atoms with van der Waals surface area (Å²) in [6, 6.07) is 3.99. The topological polar surface area (TPSA) is 75.2 Å². The van der Waals surface area contributed by atoms with Crippen molar-refractivity contribution in [3.63, 3.8) is 0 Å². The molecule has 0 aliphatic heterocycles. The third kappa shape index (κ3) is 2.82. The van der Waals surface area contributed by atoms with Crippen LogP contribution < -0.4 is 4.74 Å². The molecule has 0 saturated carbocycles. The molecule has 0 bridgehead atoms. The Balaban J connectivity index is 2.39. The molecule has 2 rings (SSSR count). The Morgan fingerprint density at radius 2 is 2.10 bits per heavy atom. The number of hydrogen-bond acceptors (Lipinski definition) is 3. The van der Waals surface area contributed by atoms with Crippen LogP contribution in [0, 0.1) is 13.8 Å². The molecule has 20 heavy (non-hydrogen) atoms. The van der Waals surface area contributed by atoms with Crippen molar-refractivity contribution in [1.29, 1.82) is 0 Å². The van der Waals surface area contributed by atoms with Gasteiger partial charge < -0.3 is 14.8 Å². The van der Waals surface area contributed by atoms with Crippen molar-refractivity contribution in [2.24, 2.45) is 0 Å². The first-order valence-corrected chi connectivity index (χ1v) is 6.42. The summed E-state index contributed by atoms with van der Waals surface area (Å²) in [6.45, 7) is 3.97. The summed E-state index contributed by atoms with van der Waals surface area (Å²) < 4.78 is 5.30. The number of carboxylic acid groups (broad SMARTS) is 1. The molecule has 1 aromatic carbocycles. The van der Waals surface area contributed by atoms with E-state index in [0.29, 0.717) is 6.42 Å². The number of aliphatic carboxylic acids is 1. The maximum Gasteiger partial charge on any atom is 0.303 e. The summed E-state index contributed by atoms with van der Waals surface area (Å²) in [7, 11) is 1.65. The van der Waals surface area contributed by atoms with Crippen LogP contribution >= 0.6 is 0 Å². The number of nitrogens with zero attached hydrogens (tertiary/aromatic N) is 1. The molecule has 0 radical (unpaired) electrons. The Labute approximate surface area is 117 Å². The third-order valence-electron chi connectivity index (χ3n) is 3.30. The first kappa shape index (κ1) is 14.1. The molecule has 1 aromatic heterocycles. The highest BCUT2D eigenvalue weighted by molar-refractivity contribution is 5.70. The Morgan fingerprint density at radius 3 is 2.75 bits per heavy atom. The molecular weight excluding hydrogens is 256 g/mol. The van der Waals surface area contributed by atoms with Gasteiger partial charge in [-0.05, 0) is 37.1 Å². The van der Waals surface area contributed by atoms with E-state index >= 15 is 0 Å². The minimum atomic E-state index is -0.812. The molecule has 0 atom stereocenters. The van der Waals surface area contributed by atoms with Crippen molar-refractivity contribution in [2.45, 2.75) is 26.7 Å². The number of aromatic amines is 1. The SMILES string of the molecule is COc1cc(C)c(-c2nc[nH]c2CCC(=O)O)cc1C. The lowest BCUT2D eigenvalue weighted by Crippen LogP contribution is -2.00. The largest absolute Gasteiger partial charge is 0.496 e. The zero-order valence-corrected chi connectivity index (χ0v) is 11.9. The number of imidazole rings is 1. The fourth-order valence-electron chi connectivity index (χ4n) is 2.24. The number of aromatic nitrogens is 2. The van der Waals surface area contributed by atoms with E-state index in [4.69, 9.17) is 9.84 Å². The molecule has 1 heterocycles. The molecule has 0 aliphatic rings. The lowest BCUT2D eigenvalue weighted by molar-refractivity contribution is -0.136. The summed E-state index contributed by atoms with van der Waals surface area (Å²) in [5.74, 6) is 0.0297. The molecular formula is C15H18N2O3. The number of nitrogens with one attached hydrogen (secondary N) is 1. The minimum Gasteiger partial charge on any atom is -0.496 e. The van der Waals surface area contributed by atoms with Gasteiger partial charge in [-0.2, -0.15) is 0 Å². The van der Waals surface area contributed by atoms with Gasteiger partial charge in [-0.25, -0.2) is 4.98 Å². The number of methoxy groups -OCH3 is 1. The van der Waals surface area contributed by atoms with Gasteiger partial charge in [0.15, 0.2) is 0 Å². The number of rotatable bonds is 5. The number of carbonyl (C=O) groups is 1. The van der Waals surface area contributed by atoms with Crippen LogP contribution in [-0.4, -0.2) is 28.2 Å². The van der Waals surface area contributed by atoms with E-state index in [-0.39, 0.29) is 6.42 Å². The number of carboxylic acids is 1. The van der Waals surface area contributed by atoms with Crippen LogP contribution in [0.4, 0.5) is 0 Å². The highest BCUT2D eigenvalue weighted by atomic mass is 16.5. The maximum atomic E-state index is 10.7. The first-order chi connectivity index (χ1) is 9.52. The molecule has 2 aromatic rings. The monoisotopic (exact) mass is 274 g/mol. The minimum absolute atomic E-state index is 0.0867. The van der Waals surface area contributed by atoms with Crippen LogP contribution in [0.3, 0.4) is 0 Å². The van der Waals surface area contributed by atoms with Crippen LogP contribution in [0.1, 0.15) is 23.2 Å². The summed E-state index contributed by atoms with van der Waals surface area (Å²) in [5.41, 5.74) is 4.75. The van der Waals surface area contributed by atoms with Crippen molar-refractivity contribution < 1.29 is 14.6 Å². The standard InChI is InChI=1S/C15H18N2O3/c1-9-7-13(20-3)10(2)6-11(9)15-12(16-8-17-15)4-5-14(18)19/h6-8H,4-5H2,1-3H3,(H,16,17)(H,18,19). The molecule has 5 heteroatoms. The quantitative estimate of drug-likeness (QED) is 0.879. The van der Waals surface area contributed by atoms with Crippen LogP contribution in [-0.2, 0) is 11.2 Å². The maximum absolute atomic E-state index is 10.7. The summed E-state index contributed by atoms with van der Waals surface area (Å²) >= 11 is 0. The average Bonchev–Trinajstić information content (AvgIpc) is 2.86. The van der Waals surface area contributed by atoms with Gasteiger partial charge >= 0.3 is 5.97 Å². The molecule has 5 nitrogen and oxygen atoms in total. The van der Waals surface area contributed by atoms with Gasteiger partial charge in [0.2, 0.25) is 0 Å². The lowest BCUT2D eigenvalue weighted by atomic mass is 9.99. The molecule has 0 aliphatic carbocycles. The fourth-order valence-corrected chi connectivity index (χ4v) is 2.24. The van der Waals surface area contributed by atoms with Crippen molar-refractivity contribution in [1.82, 2.24) is 9.97 Å². The van der Waals surface area contributed by atoms with Gasteiger partial charge in [-0.3, -0.25) is 4.79 Å². The number of hydrogen-bond donors (Lipinski definition) is 2. The Morgan fingerprint density at radius 1 is 1.35 bits per heavy atom. The lowest BCUT2D eigenvalue weighted by Gasteiger charge is -2.11. The second-order valence-corrected chi connectivity index (χ2v) is 4.76. The predicted octanol–water partition coefficient (Wildman–Crippen LogP) is 2.72. The first-order valence-electron chi connectivity index (χ1n) is 6.42. The number of aryl methyl sites for hydroxylation is 3. The van der Waals surface area contributed by atoms with Gasteiger partial charge in [0.1, 0.15) is 5.75 Å². The zero-order chi connectivity index (χ0) is 14.7. The fraction of sp³-hybridized carbons (Fsp3) is 0.333. The zero-order valence-electron chi connectivity index (χ0n) is 11.9. The Hall–Kier alpha value is -2.30. The van der Waals surface area contributed by atoms with Gasteiger partial charge in [0.25, 0.3) is 0 Å². The molecule has 0 saturated heterocycles. The second kappa shape index (κ2) is 5.77. The molecule has 0 amide bonds. The smallest absolute Gasteiger partial charge is 0.303 e. The molecule has 2 N–H and O–H groups in total. The molecule has 106 valence electrons. The third-order valence-corrected chi connectivity index (χ3v) is 3.30. The normalized spacial score (nSPS) is 10.6. The van der Waals surface area contributed by atoms with Crippen molar-refractivity contribution in [3.8, 4) is 17.0 Å². The Bertz CT molecular complexity index is 632. The van der Waals surface area contributed by atoms with Crippen molar-refractivity contribution in [3.05, 3.63) is 35.3 Å². The van der Waals surface area contributed by atoms with Crippen LogP contribution in [0.2, 0.25) is 0 Å². The highest BCUT2D eigenvalue weighted by Gasteiger charge is 2.14. The summed E-state index contributed by atoms with van der Waals surface area (Å²) in [5, 5.41) is 8.79. The Kier molecular flexibility index (Phi) is 4.08. The van der Waals surface area contributed by atoms with E-state index < -0.39 is 5.97 Å². The number of H-pyrrole nitrogens is 1. The van der Waals surface area contributed by atoms with Gasteiger partial charge in [-0.1, -0.05) is 0 Å². The van der Waals surface area contributed by atoms with E-state index in [1.807, 2.05) is 26.0 Å². The van der Waals surface area contributed by atoms with Crippen molar-refractivity contribution >= 4 is 5.97 Å². The van der Waals surface area contributed by atoms with Gasteiger partial charge in [-0.15, -0.1) is 0 Å². The molecule has 0 unspecified atom stereocenters. The molecule has 0 fully saturated rings. The molecule has 0 spiro atoms. The van der Waals surface area contributed by atoms with E-state index in [1.165, 1.54) is 0 Å². The van der Waals surface area contributed by atoms with Crippen molar-refractivity contribution in [2.75, 3.05) is 7.11 Å². The van der Waals surface area contributed by atoms with Gasteiger partial charge in [0.05, 0.1) is 25.6 Å². The summed E-state index contributed by atoms with van der Waals surface area (Å²) in [6.07, 6.45) is 2.13. The van der Waals surface area contributed by atoms with E-state index in [0.717, 1.165) is 33.8 Å². The predicted molar refractivity (Wildman–Crippen MR) is 76.0 cm³/mol.